The first-order valence-electron chi connectivity index (χ1n) is 7.22. The molecular weight excluding hydrogens is 331 g/mol. The van der Waals surface area contributed by atoms with Crippen LogP contribution in [0.2, 0.25) is 5.02 Å². The first kappa shape index (κ1) is 14.8. The van der Waals surface area contributed by atoms with E-state index in [2.05, 4.69) is 0 Å². The summed E-state index contributed by atoms with van der Waals surface area (Å²) in [5.74, 6) is -1.67. The summed E-state index contributed by atoms with van der Waals surface area (Å²) in [6.07, 6.45) is -0.00250. The largest absolute Gasteiger partial charge is 0.417 e. The fourth-order valence-corrected chi connectivity index (χ4v) is 4.25. The number of benzene rings is 1. The van der Waals surface area contributed by atoms with Gasteiger partial charge in [0.1, 0.15) is 0 Å². The Balaban J connectivity index is 1.75. The molecule has 0 N–H and O–H groups in total. The van der Waals surface area contributed by atoms with Gasteiger partial charge in [-0.05, 0) is 36.5 Å². The summed E-state index contributed by atoms with van der Waals surface area (Å²) in [4.78, 5) is 26.1. The second kappa shape index (κ2) is 4.60. The smallest absolute Gasteiger partial charge is 0.274 e. The van der Waals surface area contributed by atoms with Crippen LogP contribution in [-0.2, 0) is 15.8 Å². The molecule has 3 aliphatic rings. The van der Waals surface area contributed by atoms with Crippen LogP contribution in [0, 0.1) is 23.7 Å². The summed E-state index contributed by atoms with van der Waals surface area (Å²) < 4.78 is 39.0. The second-order valence-corrected chi connectivity index (χ2v) is 6.58. The average Bonchev–Trinajstić information content (AvgIpc) is 3.13. The van der Waals surface area contributed by atoms with Crippen molar-refractivity contribution < 1.29 is 22.8 Å². The van der Waals surface area contributed by atoms with E-state index in [0.717, 1.165) is 23.5 Å². The van der Waals surface area contributed by atoms with Gasteiger partial charge in [0.25, 0.3) is 0 Å². The zero-order chi connectivity index (χ0) is 16.5. The molecule has 2 fully saturated rings. The van der Waals surface area contributed by atoms with Crippen molar-refractivity contribution in [1.82, 2.24) is 0 Å². The second-order valence-electron chi connectivity index (χ2n) is 6.17. The predicted octanol–water partition coefficient (Wildman–Crippen LogP) is 3.67. The van der Waals surface area contributed by atoms with Gasteiger partial charge in [-0.1, -0.05) is 23.8 Å². The lowest BCUT2D eigenvalue weighted by atomic mass is 9.85. The highest BCUT2D eigenvalue weighted by atomic mass is 35.5. The summed E-state index contributed by atoms with van der Waals surface area (Å²) in [6.45, 7) is 0. The molecule has 2 amide bonds. The molecule has 0 spiro atoms. The van der Waals surface area contributed by atoms with Gasteiger partial charge in [-0.2, -0.15) is 13.2 Å². The van der Waals surface area contributed by atoms with Crippen LogP contribution in [-0.4, -0.2) is 11.8 Å². The Morgan fingerprint density at radius 1 is 1.04 bits per heavy atom. The number of alkyl halides is 3. The molecule has 2 bridgehead atoms. The van der Waals surface area contributed by atoms with Crippen LogP contribution in [0.5, 0.6) is 0 Å². The van der Waals surface area contributed by atoms with Gasteiger partial charge in [0.2, 0.25) is 11.8 Å². The number of hydrogen-bond acceptors (Lipinski definition) is 2. The third-order valence-corrected chi connectivity index (χ3v) is 5.31. The summed E-state index contributed by atoms with van der Waals surface area (Å²) in [7, 11) is 0. The fraction of sp³-hybridized carbons (Fsp3) is 0.375. The predicted molar refractivity (Wildman–Crippen MR) is 76.7 cm³/mol. The van der Waals surface area contributed by atoms with Crippen LogP contribution in [0.25, 0.3) is 0 Å². The molecular formula is C16H11ClF3NO2. The van der Waals surface area contributed by atoms with Crippen molar-refractivity contribution in [3.63, 3.8) is 0 Å². The van der Waals surface area contributed by atoms with E-state index < -0.39 is 40.4 Å². The number of hydrogen-bond donors (Lipinski definition) is 0. The maximum absolute atomic E-state index is 13.0. The molecule has 120 valence electrons. The molecule has 4 atom stereocenters. The van der Waals surface area contributed by atoms with Crippen LogP contribution in [0.1, 0.15) is 12.0 Å². The quantitative estimate of drug-likeness (QED) is 0.577. The topological polar surface area (TPSA) is 37.4 Å². The van der Waals surface area contributed by atoms with Crippen LogP contribution in [0.4, 0.5) is 18.9 Å². The van der Waals surface area contributed by atoms with E-state index in [1.54, 1.807) is 0 Å². The minimum atomic E-state index is -4.64. The lowest BCUT2D eigenvalue weighted by molar-refractivity contribution is -0.137. The Morgan fingerprint density at radius 2 is 1.61 bits per heavy atom. The zero-order valence-corrected chi connectivity index (χ0v) is 12.4. The summed E-state index contributed by atoms with van der Waals surface area (Å²) >= 11 is 5.59. The van der Waals surface area contributed by atoms with E-state index in [1.165, 1.54) is 6.07 Å². The lowest BCUT2D eigenvalue weighted by Crippen LogP contribution is -2.33. The van der Waals surface area contributed by atoms with Crippen molar-refractivity contribution in [3.8, 4) is 0 Å². The minimum absolute atomic E-state index is 0.0147. The highest BCUT2D eigenvalue weighted by Crippen LogP contribution is 2.53. The maximum Gasteiger partial charge on any atom is 0.417 e. The monoisotopic (exact) mass is 341 g/mol. The number of nitrogens with zero attached hydrogens (tertiary/aromatic N) is 1. The molecule has 0 aromatic heterocycles. The molecule has 1 saturated carbocycles. The molecule has 2 aliphatic carbocycles. The van der Waals surface area contributed by atoms with Crippen LogP contribution >= 0.6 is 11.6 Å². The SMILES string of the molecule is O=C1[C@@H]2[C@@H](C(=O)N1c1ccc(Cl)c(C(F)(F)F)c1)[C@H]1C=C[C@H]2C1. The molecule has 1 aliphatic heterocycles. The van der Waals surface area contributed by atoms with E-state index in [0.29, 0.717) is 0 Å². The summed E-state index contributed by atoms with van der Waals surface area (Å²) in [5, 5.41) is -0.456. The highest BCUT2D eigenvalue weighted by molar-refractivity contribution is 6.31. The van der Waals surface area contributed by atoms with E-state index >= 15 is 0 Å². The van der Waals surface area contributed by atoms with E-state index in [4.69, 9.17) is 11.6 Å². The number of imide groups is 1. The fourth-order valence-electron chi connectivity index (χ4n) is 4.03. The Bertz CT molecular complexity index is 728. The standard InChI is InChI=1S/C16H11ClF3NO2/c17-11-4-3-9(6-10(11)16(18,19)20)21-14(22)12-7-1-2-8(5-7)13(12)15(21)23/h1-4,6-8,12-13H,5H2/t7-,8-,12-,13-/m0/s1. The van der Waals surface area contributed by atoms with Gasteiger partial charge in [0.05, 0.1) is 28.1 Å². The molecule has 4 rings (SSSR count). The van der Waals surface area contributed by atoms with Crippen molar-refractivity contribution in [2.45, 2.75) is 12.6 Å². The molecule has 7 heteroatoms. The molecule has 23 heavy (non-hydrogen) atoms. The Hall–Kier alpha value is -1.82. The van der Waals surface area contributed by atoms with E-state index in [-0.39, 0.29) is 17.5 Å². The van der Waals surface area contributed by atoms with Crippen molar-refractivity contribution in [2.75, 3.05) is 4.90 Å². The van der Waals surface area contributed by atoms with Crippen molar-refractivity contribution >= 4 is 29.1 Å². The lowest BCUT2D eigenvalue weighted by Gasteiger charge is -2.19. The summed E-state index contributed by atoms with van der Waals surface area (Å²) in [5.41, 5.74) is -1.11. The van der Waals surface area contributed by atoms with Gasteiger partial charge in [-0.25, -0.2) is 0 Å². The van der Waals surface area contributed by atoms with Gasteiger partial charge in [-0.3, -0.25) is 14.5 Å². The highest BCUT2D eigenvalue weighted by Gasteiger charge is 2.59. The summed E-state index contributed by atoms with van der Waals surface area (Å²) in [6, 6.07) is 3.12. The number of carbonyl (C=O) groups is 2. The molecule has 0 unspecified atom stereocenters. The number of allylic oxidation sites excluding steroid dienone is 2. The van der Waals surface area contributed by atoms with Gasteiger partial charge in [0, 0.05) is 0 Å². The molecule has 1 aromatic carbocycles. The number of amides is 2. The zero-order valence-electron chi connectivity index (χ0n) is 11.7. The van der Waals surface area contributed by atoms with Crippen LogP contribution < -0.4 is 4.90 Å². The number of rotatable bonds is 1. The normalized spacial score (nSPS) is 32.1. The third kappa shape index (κ3) is 1.97. The Morgan fingerprint density at radius 3 is 2.13 bits per heavy atom. The van der Waals surface area contributed by atoms with Crippen molar-refractivity contribution in [3.05, 3.63) is 40.9 Å². The van der Waals surface area contributed by atoms with E-state index in [9.17, 15) is 22.8 Å². The van der Waals surface area contributed by atoms with E-state index in [1.807, 2.05) is 12.2 Å². The molecule has 0 radical (unpaired) electrons. The first-order valence-corrected chi connectivity index (χ1v) is 7.59. The third-order valence-electron chi connectivity index (χ3n) is 4.98. The number of carbonyl (C=O) groups excluding carboxylic acids is 2. The van der Waals surface area contributed by atoms with Gasteiger partial charge in [-0.15, -0.1) is 0 Å². The van der Waals surface area contributed by atoms with Gasteiger partial charge >= 0.3 is 6.18 Å². The van der Waals surface area contributed by atoms with Crippen molar-refractivity contribution in [1.29, 1.82) is 0 Å². The maximum atomic E-state index is 13.0. The Labute approximate surface area is 134 Å². The van der Waals surface area contributed by atoms with Gasteiger partial charge < -0.3 is 0 Å². The average molecular weight is 342 g/mol. The number of anilines is 1. The molecule has 1 saturated heterocycles. The molecule has 3 nitrogen and oxygen atoms in total. The van der Waals surface area contributed by atoms with Gasteiger partial charge in [0.15, 0.2) is 0 Å². The number of halogens is 4. The molecule has 1 aromatic rings. The van der Waals surface area contributed by atoms with Crippen LogP contribution in [0.15, 0.2) is 30.4 Å². The first-order chi connectivity index (χ1) is 10.8. The number of fused-ring (bicyclic) bond motifs is 5. The van der Waals surface area contributed by atoms with Crippen LogP contribution in [0.3, 0.4) is 0 Å². The minimum Gasteiger partial charge on any atom is -0.274 e. The Kier molecular flexibility index (Phi) is 2.95. The molecule has 1 heterocycles. The van der Waals surface area contributed by atoms with Crippen molar-refractivity contribution in [2.24, 2.45) is 23.7 Å².